The van der Waals surface area contributed by atoms with E-state index < -0.39 is 16.3 Å². The monoisotopic (exact) mass is 355 g/mol. The first-order valence-corrected chi connectivity index (χ1v) is 7.64. The lowest BCUT2D eigenvalue weighted by Gasteiger charge is -2.09. The molecule has 0 fully saturated rings. The largest absolute Gasteiger partial charge is 0.508 e. The van der Waals surface area contributed by atoms with E-state index in [1.165, 1.54) is 42.5 Å². The van der Waals surface area contributed by atoms with Crippen molar-refractivity contribution in [2.75, 3.05) is 6.61 Å². The number of nitro groups is 1. The van der Waals surface area contributed by atoms with Crippen LogP contribution in [0.1, 0.15) is 17.5 Å². The van der Waals surface area contributed by atoms with Crippen LogP contribution in [0, 0.1) is 10.1 Å². The molecule has 1 aromatic heterocycles. The smallest absolute Gasteiger partial charge is 0.375 e. The van der Waals surface area contributed by atoms with Crippen LogP contribution in [0.25, 0.3) is 22.1 Å². The fourth-order valence-corrected chi connectivity index (χ4v) is 2.53. The van der Waals surface area contributed by atoms with Crippen LogP contribution >= 0.6 is 0 Å². The van der Waals surface area contributed by atoms with Crippen LogP contribution in [-0.4, -0.2) is 22.6 Å². The maximum atomic E-state index is 12.9. The fourth-order valence-electron chi connectivity index (χ4n) is 2.53. The van der Waals surface area contributed by atoms with Crippen molar-refractivity contribution in [1.82, 2.24) is 0 Å². The molecule has 8 nitrogen and oxygen atoms in total. The molecule has 0 amide bonds. The zero-order valence-corrected chi connectivity index (χ0v) is 13.6. The predicted octanol–water partition coefficient (Wildman–Crippen LogP) is 3.25. The highest BCUT2D eigenvalue weighted by Crippen LogP contribution is 2.28. The Morgan fingerprint density at radius 1 is 1.23 bits per heavy atom. The van der Waals surface area contributed by atoms with E-state index in [9.17, 15) is 24.8 Å². The number of aromatic hydroxyl groups is 1. The van der Waals surface area contributed by atoms with Crippen molar-refractivity contribution in [2.24, 2.45) is 0 Å². The lowest BCUT2D eigenvalue weighted by atomic mass is 10.0. The van der Waals surface area contributed by atoms with Gasteiger partial charge in [-0.3, -0.25) is 14.9 Å². The molecule has 0 saturated heterocycles. The average molecular weight is 355 g/mol. The van der Waals surface area contributed by atoms with Crippen LogP contribution < -0.4 is 5.43 Å². The van der Waals surface area contributed by atoms with Crippen LogP contribution in [-0.2, 0) is 4.74 Å². The van der Waals surface area contributed by atoms with Gasteiger partial charge in [0.1, 0.15) is 11.3 Å². The summed E-state index contributed by atoms with van der Waals surface area (Å²) in [5.41, 5.74) is -0.410. The number of phenols is 1. The van der Waals surface area contributed by atoms with Gasteiger partial charge in [-0.05, 0) is 36.8 Å². The summed E-state index contributed by atoms with van der Waals surface area (Å²) in [7, 11) is 0. The highest BCUT2D eigenvalue weighted by molar-refractivity contribution is 5.97. The number of non-ortho nitro benzene ring substituents is 1. The number of ether oxygens (including phenoxy) is 1. The summed E-state index contributed by atoms with van der Waals surface area (Å²) < 4.78 is 10.5. The second-order valence-electron chi connectivity index (χ2n) is 5.34. The van der Waals surface area contributed by atoms with Crippen LogP contribution in [0.15, 0.2) is 51.7 Å². The molecule has 2 aromatic carbocycles. The second kappa shape index (κ2) is 6.67. The third kappa shape index (κ3) is 3.00. The van der Waals surface area contributed by atoms with E-state index in [4.69, 9.17) is 9.15 Å². The summed E-state index contributed by atoms with van der Waals surface area (Å²) in [6, 6.07) is 9.09. The number of phenolic OH excluding ortho intramolecular Hbond substituents is 1. The van der Waals surface area contributed by atoms with Gasteiger partial charge in [-0.2, -0.15) is 0 Å². The van der Waals surface area contributed by atoms with Gasteiger partial charge in [0.05, 0.1) is 22.5 Å². The topological polar surface area (TPSA) is 120 Å². The van der Waals surface area contributed by atoms with Crippen LogP contribution in [0.5, 0.6) is 5.75 Å². The van der Waals surface area contributed by atoms with Crippen molar-refractivity contribution < 1.29 is 24.0 Å². The quantitative estimate of drug-likeness (QED) is 0.433. The van der Waals surface area contributed by atoms with Gasteiger partial charge in [0.25, 0.3) is 5.69 Å². The molecule has 0 aliphatic rings. The standard InChI is InChI=1S/C18H13NO7/c1-2-25-18(22)17-15(10-3-5-11(6-4-10)19(23)24)16(21)13-8-7-12(20)9-14(13)26-17/h3-9,20H,2H2,1H3. The van der Waals surface area contributed by atoms with Crippen molar-refractivity contribution in [3.8, 4) is 16.9 Å². The number of esters is 1. The molecular weight excluding hydrogens is 342 g/mol. The number of nitro benzene ring substituents is 1. The first-order chi connectivity index (χ1) is 12.4. The molecule has 132 valence electrons. The lowest BCUT2D eigenvalue weighted by Crippen LogP contribution is -2.15. The number of hydrogen-bond acceptors (Lipinski definition) is 7. The van der Waals surface area contributed by atoms with Crippen LogP contribution in [0.3, 0.4) is 0 Å². The molecule has 1 N–H and O–H groups in total. The van der Waals surface area contributed by atoms with Crippen molar-refractivity contribution in [2.45, 2.75) is 6.92 Å². The molecule has 26 heavy (non-hydrogen) atoms. The molecule has 0 unspecified atom stereocenters. The van der Waals surface area contributed by atoms with E-state index in [0.29, 0.717) is 0 Å². The van der Waals surface area contributed by atoms with E-state index in [2.05, 4.69) is 0 Å². The van der Waals surface area contributed by atoms with Crippen molar-refractivity contribution in [3.05, 3.63) is 68.6 Å². The first kappa shape index (κ1) is 17.2. The number of hydrogen-bond donors (Lipinski definition) is 1. The molecule has 0 radical (unpaired) electrons. The Kier molecular flexibility index (Phi) is 4.40. The lowest BCUT2D eigenvalue weighted by molar-refractivity contribution is -0.384. The van der Waals surface area contributed by atoms with Gasteiger partial charge in [0, 0.05) is 18.2 Å². The van der Waals surface area contributed by atoms with E-state index in [0.717, 1.165) is 0 Å². The molecule has 8 heteroatoms. The summed E-state index contributed by atoms with van der Waals surface area (Å²) in [6.07, 6.45) is 0. The number of fused-ring (bicyclic) bond motifs is 1. The minimum Gasteiger partial charge on any atom is -0.508 e. The maximum absolute atomic E-state index is 12.9. The van der Waals surface area contributed by atoms with E-state index in [1.807, 2.05) is 0 Å². The van der Waals surface area contributed by atoms with Crippen LogP contribution in [0.4, 0.5) is 5.69 Å². The van der Waals surface area contributed by atoms with Gasteiger partial charge in [-0.1, -0.05) is 0 Å². The molecule has 0 atom stereocenters. The Hall–Kier alpha value is -3.68. The van der Waals surface area contributed by atoms with Gasteiger partial charge in [0.2, 0.25) is 11.2 Å². The summed E-state index contributed by atoms with van der Waals surface area (Å²) >= 11 is 0. The van der Waals surface area contributed by atoms with Gasteiger partial charge < -0.3 is 14.3 Å². The summed E-state index contributed by atoms with van der Waals surface area (Å²) in [6.45, 7) is 1.68. The molecule has 3 aromatic rings. The zero-order valence-electron chi connectivity index (χ0n) is 13.6. The summed E-state index contributed by atoms with van der Waals surface area (Å²) in [4.78, 5) is 35.4. The highest BCUT2D eigenvalue weighted by Gasteiger charge is 2.23. The molecule has 0 spiro atoms. The molecule has 3 rings (SSSR count). The Balaban J connectivity index is 2.30. The van der Waals surface area contributed by atoms with Crippen molar-refractivity contribution in [3.63, 3.8) is 0 Å². The molecule has 1 heterocycles. The number of carbonyl (C=O) groups is 1. The Morgan fingerprint density at radius 2 is 1.92 bits per heavy atom. The van der Waals surface area contributed by atoms with Gasteiger partial charge in [0.15, 0.2) is 0 Å². The minimum absolute atomic E-state index is 0.0312. The second-order valence-corrected chi connectivity index (χ2v) is 5.34. The van der Waals surface area contributed by atoms with Gasteiger partial charge in [-0.25, -0.2) is 4.79 Å². The molecule has 0 aliphatic carbocycles. The van der Waals surface area contributed by atoms with E-state index in [1.54, 1.807) is 6.92 Å². The molecule has 0 bridgehead atoms. The Morgan fingerprint density at radius 3 is 2.54 bits per heavy atom. The SMILES string of the molecule is CCOC(=O)c1oc2cc(O)ccc2c(=O)c1-c1ccc([N+](=O)[O-])cc1. The molecular formula is C18H13NO7. The van der Waals surface area contributed by atoms with Crippen LogP contribution in [0.2, 0.25) is 0 Å². The molecule has 0 aliphatic heterocycles. The van der Waals surface area contributed by atoms with Gasteiger partial charge in [-0.15, -0.1) is 0 Å². The first-order valence-electron chi connectivity index (χ1n) is 7.64. The molecule has 0 saturated carbocycles. The van der Waals surface area contributed by atoms with E-state index in [-0.39, 0.29) is 45.9 Å². The number of nitrogens with zero attached hydrogens (tertiary/aromatic N) is 1. The summed E-state index contributed by atoms with van der Waals surface area (Å²) in [5, 5.41) is 20.5. The predicted molar refractivity (Wildman–Crippen MR) is 92.2 cm³/mol. The van der Waals surface area contributed by atoms with Gasteiger partial charge >= 0.3 is 5.97 Å². The maximum Gasteiger partial charge on any atom is 0.375 e. The minimum atomic E-state index is -0.844. The van der Waals surface area contributed by atoms with E-state index >= 15 is 0 Å². The zero-order chi connectivity index (χ0) is 18.8. The van der Waals surface area contributed by atoms with Crippen molar-refractivity contribution in [1.29, 1.82) is 0 Å². The number of rotatable bonds is 4. The third-order valence-electron chi connectivity index (χ3n) is 3.70. The normalized spacial score (nSPS) is 10.7. The highest BCUT2D eigenvalue weighted by atomic mass is 16.6. The number of benzene rings is 2. The Labute approximate surface area is 146 Å². The Bertz CT molecular complexity index is 1070. The summed E-state index contributed by atoms with van der Waals surface area (Å²) in [5.74, 6) is -1.30. The number of carbonyl (C=O) groups excluding carboxylic acids is 1. The average Bonchev–Trinajstić information content (AvgIpc) is 2.61. The fraction of sp³-hybridized carbons (Fsp3) is 0.111. The van der Waals surface area contributed by atoms with Crippen molar-refractivity contribution >= 4 is 22.6 Å². The third-order valence-corrected chi connectivity index (χ3v) is 3.70.